The fourth-order valence-electron chi connectivity index (χ4n) is 4.11. The number of amides is 3. The number of carbonyl (C=O) groups is 3. The van der Waals surface area contributed by atoms with Crippen LogP contribution in [0.5, 0.6) is 0 Å². The first kappa shape index (κ1) is 20.3. The largest absolute Gasteiger partial charge is 0.311 e. The van der Waals surface area contributed by atoms with Crippen LogP contribution in [-0.4, -0.2) is 22.6 Å². The molecule has 1 aromatic carbocycles. The van der Waals surface area contributed by atoms with Gasteiger partial charge in [-0.2, -0.15) is 0 Å². The molecule has 0 fully saturated rings. The molecule has 1 atom stereocenters. The summed E-state index contributed by atoms with van der Waals surface area (Å²) in [6, 6.07) is 9.24. The Balaban J connectivity index is 1.40. The Morgan fingerprint density at radius 3 is 2.73 bits per heavy atom. The Bertz CT molecular complexity index is 987. The van der Waals surface area contributed by atoms with Gasteiger partial charge in [0.2, 0.25) is 11.8 Å². The van der Waals surface area contributed by atoms with Crippen molar-refractivity contribution in [1.82, 2.24) is 15.8 Å². The summed E-state index contributed by atoms with van der Waals surface area (Å²) in [6.45, 7) is 1.48. The predicted molar refractivity (Wildman–Crippen MR) is 117 cm³/mol. The molecule has 6 nitrogen and oxygen atoms in total. The summed E-state index contributed by atoms with van der Waals surface area (Å²) in [4.78, 5) is 40.6. The van der Waals surface area contributed by atoms with Crippen LogP contribution < -0.4 is 10.9 Å². The van der Waals surface area contributed by atoms with Crippen molar-refractivity contribution in [2.24, 2.45) is 0 Å². The number of benzene rings is 1. The molecule has 0 saturated carbocycles. The van der Waals surface area contributed by atoms with E-state index < -0.39 is 6.04 Å². The van der Waals surface area contributed by atoms with Crippen molar-refractivity contribution in [3.05, 3.63) is 63.0 Å². The molecule has 7 heteroatoms. The van der Waals surface area contributed by atoms with Crippen LogP contribution in [0.2, 0.25) is 0 Å². The van der Waals surface area contributed by atoms with Gasteiger partial charge < -0.3 is 4.90 Å². The summed E-state index contributed by atoms with van der Waals surface area (Å²) in [5, 5.41) is 0. The monoisotopic (exact) mass is 423 g/mol. The minimum Gasteiger partial charge on any atom is -0.311 e. The van der Waals surface area contributed by atoms with Crippen molar-refractivity contribution in [1.29, 1.82) is 0 Å². The average molecular weight is 424 g/mol. The van der Waals surface area contributed by atoms with Gasteiger partial charge in [-0.25, -0.2) is 0 Å². The highest BCUT2D eigenvalue weighted by atomic mass is 32.1. The molecule has 4 rings (SSSR count). The van der Waals surface area contributed by atoms with Crippen LogP contribution in [0, 0.1) is 0 Å². The summed E-state index contributed by atoms with van der Waals surface area (Å²) < 4.78 is 0. The number of carbonyl (C=O) groups excluding carboxylic acids is 3. The third-order valence-corrected chi connectivity index (χ3v) is 6.87. The van der Waals surface area contributed by atoms with Gasteiger partial charge in [-0.05, 0) is 54.5 Å². The lowest BCUT2D eigenvalue weighted by atomic mass is 9.93. The molecule has 30 heavy (non-hydrogen) atoms. The summed E-state index contributed by atoms with van der Waals surface area (Å²) in [6.07, 6.45) is 9.22. The van der Waals surface area contributed by atoms with Gasteiger partial charge >= 0.3 is 0 Å². The van der Waals surface area contributed by atoms with Gasteiger partial charge in [-0.15, -0.1) is 11.3 Å². The second-order valence-electron chi connectivity index (χ2n) is 7.71. The molecule has 0 radical (unpaired) electrons. The van der Waals surface area contributed by atoms with Crippen LogP contribution >= 0.6 is 11.3 Å². The summed E-state index contributed by atoms with van der Waals surface area (Å²) in [7, 11) is 0. The van der Waals surface area contributed by atoms with Crippen molar-refractivity contribution in [2.75, 3.05) is 0 Å². The van der Waals surface area contributed by atoms with Gasteiger partial charge in [0.1, 0.15) is 0 Å². The zero-order valence-electron chi connectivity index (χ0n) is 16.9. The smallest absolute Gasteiger partial charge is 0.279 e. The number of aryl methyl sites for hydroxylation is 2. The molecule has 1 aromatic heterocycles. The summed E-state index contributed by atoms with van der Waals surface area (Å²) in [5.41, 5.74) is 8.21. The van der Waals surface area contributed by atoms with Crippen LogP contribution in [0.25, 0.3) is 6.08 Å². The molecule has 2 N–H and O–H groups in total. The van der Waals surface area contributed by atoms with E-state index in [0.717, 1.165) is 36.8 Å². The lowest BCUT2D eigenvalue weighted by molar-refractivity contribution is -0.130. The second kappa shape index (κ2) is 8.83. The number of hydrogen-bond donors (Lipinski definition) is 2. The van der Waals surface area contributed by atoms with Gasteiger partial charge in [0, 0.05) is 18.0 Å². The fourth-order valence-corrected chi connectivity index (χ4v) is 5.26. The van der Waals surface area contributed by atoms with Crippen LogP contribution in [0.1, 0.15) is 69.9 Å². The van der Waals surface area contributed by atoms with Crippen LogP contribution in [0.4, 0.5) is 0 Å². The Labute approximate surface area is 179 Å². The zero-order valence-corrected chi connectivity index (χ0v) is 17.8. The van der Waals surface area contributed by atoms with Crippen molar-refractivity contribution >= 4 is 35.1 Å². The molecule has 2 aliphatic rings. The highest BCUT2D eigenvalue weighted by Crippen LogP contribution is 2.33. The molecule has 0 spiro atoms. The van der Waals surface area contributed by atoms with E-state index in [9.17, 15) is 14.4 Å². The van der Waals surface area contributed by atoms with E-state index in [1.165, 1.54) is 35.1 Å². The fraction of sp³-hybridized carbons (Fsp3) is 0.348. The van der Waals surface area contributed by atoms with Crippen molar-refractivity contribution in [3.8, 4) is 0 Å². The van der Waals surface area contributed by atoms with Crippen molar-refractivity contribution in [2.45, 2.75) is 51.5 Å². The van der Waals surface area contributed by atoms with E-state index in [2.05, 4.69) is 10.9 Å². The third-order valence-electron chi connectivity index (χ3n) is 5.63. The van der Waals surface area contributed by atoms with Gasteiger partial charge in [0.25, 0.3) is 5.91 Å². The number of hydrazine groups is 1. The van der Waals surface area contributed by atoms with Crippen molar-refractivity contribution in [3.63, 3.8) is 0 Å². The molecule has 2 aromatic rings. The summed E-state index contributed by atoms with van der Waals surface area (Å²) >= 11 is 1.51. The molecule has 1 aliphatic carbocycles. The third kappa shape index (κ3) is 4.31. The number of rotatable bonds is 3. The summed E-state index contributed by atoms with van der Waals surface area (Å²) in [5.74, 6) is -0.778. The number of nitrogens with one attached hydrogen (secondary N) is 2. The molecule has 2 heterocycles. The first-order chi connectivity index (χ1) is 14.5. The number of nitrogens with zero attached hydrogens (tertiary/aromatic N) is 1. The number of fused-ring (bicyclic) bond motifs is 2. The van der Waals surface area contributed by atoms with Crippen molar-refractivity contribution < 1.29 is 14.4 Å². The van der Waals surface area contributed by atoms with Crippen LogP contribution in [-0.2, 0) is 22.4 Å². The standard InChI is InChI=1S/C23H25N3O3S/c1-15(27)26-12-11-16-7-5-6-9-18(16)19(26)14-22(28)24-25-23(29)21-13-17-8-3-2-4-10-20(17)30-21/h5-7,9,11-13,19H,2-4,8,10,14H2,1H3,(H,24,28)(H,25,29). The van der Waals surface area contributed by atoms with Gasteiger partial charge in [-0.3, -0.25) is 25.2 Å². The van der Waals surface area contributed by atoms with E-state index in [1.807, 2.05) is 36.4 Å². The van der Waals surface area contributed by atoms with E-state index in [4.69, 9.17) is 0 Å². The van der Waals surface area contributed by atoms with Gasteiger partial charge in [0.15, 0.2) is 0 Å². The van der Waals surface area contributed by atoms with E-state index in [0.29, 0.717) is 4.88 Å². The molecular formula is C23H25N3O3S. The van der Waals surface area contributed by atoms with Crippen LogP contribution in [0.15, 0.2) is 36.5 Å². The van der Waals surface area contributed by atoms with E-state index >= 15 is 0 Å². The SMILES string of the molecule is CC(=O)N1C=Cc2ccccc2C1CC(=O)NNC(=O)c1cc2c(s1)CCCCC2. The maximum Gasteiger partial charge on any atom is 0.279 e. The molecule has 0 saturated heterocycles. The lowest BCUT2D eigenvalue weighted by Crippen LogP contribution is -2.43. The molecule has 156 valence electrons. The molecule has 1 unspecified atom stereocenters. The predicted octanol–water partition coefficient (Wildman–Crippen LogP) is 3.74. The first-order valence-electron chi connectivity index (χ1n) is 10.3. The average Bonchev–Trinajstić information content (AvgIpc) is 3.02. The highest BCUT2D eigenvalue weighted by Gasteiger charge is 2.28. The normalized spacial score (nSPS) is 17.5. The second-order valence-corrected chi connectivity index (χ2v) is 8.85. The zero-order chi connectivity index (χ0) is 21.1. The topological polar surface area (TPSA) is 78.5 Å². The molecule has 0 bridgehead atoms. The Morgan fingerprint density at radius 2 is 1.90 bits per heavy atom. The van der Waals surface area contributed by atoms with Crippen LogP contribution in [0.3, 0.4) is 0 Å². The minimum atomic E-state index is -0.404. The first-order valence-corrected chi connectivity index (χ1v) is 11.1. The number of thiophene rings is 1. The maximum absolute atomic E-state index is 12.6. The van der Waals surface area contributed by atoms with Gasteiger partial charge in [0.05, 0.1) is 17.3 Å². The Hall–Kier alpha value is -2.93. The number of hydrogen-bond acceptors (Lipinski definition) is 4. The minimum absolute atomic E-state index is 0.0577. The van der Waals surface area contributed by atoms with E-state index in [-0.39, 0.29) is 24.1 Å². The maximum atomic E-state index is 12.6. The highest BCUT2D eigenvalue weighted by molar-refractivity contribution is 7.14. The van der Waals surface area contributed by atoms with Gasteiger partial charge in [-0.1, -0.05) is 30.7 Å². The molecule has 3 amide bonds. The Kier molecular flexibility index (Phi) is 5.99. The Morgan fingerprint density at radius 1 is 1.10 bits per heavy atom. The quantitative estimate of drug-likeness (QED) is 0.583. The molecular weight excluding hydrogens is 398 g/mol. The van der Waals surface area contributed by atoms with E-state index in [1.54, 1.807) is 11.1 Å². The molecule has 1 aliphatic heterocycles. The lowest BCUT2D eigenvalue weighted by Gasteiger charge is -2.32.